The van der Waals surface area contributed by atoms with Gasteiger partial charge in [-0.15, -0.1) is 11.3 Å². The van der Waals surface area contributed by atoms with Crippen LogP contribution in [0.25, 0.3) is 0 Å². The van der Waals surface area contributed by atoms with Gasteiger partial charge in [0.1, 0.15) is 10.8 Å². The van der Waals surface area contributed by atoms with Gasteiger partial charge in [-0.3, -0.25) is 4.79 Å². The highest BCUT2D eigenvalue weighted by Crippen LogP contribution is 2.22. The van der Waals surface area contributed by atoms with Gasteiger partial charge in [-0.05, 0) is 19.1 Å². The molecule has 0 radical (unpaired) electrons. The SMILES string of the molecule is CC(N)c1nc(CC(=O)Nc2ccccc2O)cs1. The fourth-order valence-electron chi connectivity index (χ4n) is 1.55. The van der Waals surface area contributed by atoms with Gasteiger partial charge in [0.2, 0.25) is 5.91 Å². The molecular weight excluding hydrogens is 262 g/mol. The smallest absolute Gasteiger partial charge is 0.230 e. The lowest BCUT2D eigenvalue weighted by Crippen LogP contribution is -2.15. The standard InChI is InChI=1S/C13H15N3O2S/c1-8(14)13-15-9(7-19-13)6-12(18)16-10-4-2-3-5-11(10)17/h2-5,7-8,17H,6,14H2,1H3,(H,16,18). The predicted octanol–water partition coefficient (Wildman–Crippen LogP) is 2.05. The van der Waals surface area contributed by atoms with E-state index in [0.717, 1.165) is 5.01 Å². The van der Waals surface area contributed by atoms with Gasteiger partial charge in [0.05, 0.1) is 23.8 Å². The number of hydrogen-bond donors (Lipinski definition) is 3. The highest BCUT2D eigenvalue weighted by molar-refractivity contribution is 7.09. The van der Waals surface area contributed by atoms with Crippen molar-refractivity contribution in [3.05, 3.63) is 40.3 Å². The van der Waals surface area contributed by atoms with Crippen LogP contribution in [-0.4, -0.2) is 16.0 Å². The van der Waals surface area contributed by atoms with E-state index < -0.39 is 0 Å². The van der Waals surface area contributed by atoms with Crippen molar-refractivity contribution in [3.8, 4) is 5.75 Å². The van der Waals surface area contributed by atoms with E-state index in [4.69, 9.17) is 5.73 Å². The molecule has 1 aromatic heterocycles. The van der Waals surface area contributed by atoms with Gasteiger partial charge >= 0.3 is 0 Å². The van der Waals surface area contributed by atoms with Crippen molar-refractivity contribution >= 4 is 22.9 Å². The Morgan fingerprint density at radius 3 is 2.89 bits per heavy atom. The third kappa shape index (κ3) is 3.52. The van der Waals surface area contributed by atoms with Crippen LogP contribution in [0.5, 0.6) is 5.75 Å². The average Bonchev–Trinajstić information content (AvgIpc) is 2.80. The van der Waals surface area contributed by atoms with Crippen molar-refractivity contribution in [2.24, 2.45) is 5.73 Å². The molecule has 0 aliphatic rings. The number of nitrogens with zero attached hydrogens (tertiary/aromatic N) is 1. The highest BCUT2D eigenvalue weighted by Gasteiger charge is 2.11. The van der Waals surface area contributed by atoms with Gasteiger partial charge in [-0.2, -0.15) is 0 Å². The monoisotopic (exact) mass is 277 g/mol. The molecule has 19 heavy (non-hydrogen) atoms. The van der Waals surface area contributed by atoms with Gasteiger partial charge < -0.3 is 16.2 Å². The normalized spacial score (nSPS) is 12.1. The van der Waals surface area contributed by atoms with Crippen LogP contribution in [0.2, 0.25) is 0 Å². The second kappa shape index (κ2) is 5.81. The van der Waals surface area contributed by atoms with Gasteiger partial charge in [0, 0.05) is 5.38 Å². The minimum Gasteiger partial charge on any atom is -0.506 e. The van der Waals surface area contributed by atoms with E-state index in [0.29, 0.717) is 11.4 Å². The molecule has 100 valence electrons. The summed E-state index contributed by atoms with van der Waals surface area (Å²) in [6.07, 6.45) is 0.164. The Bertz CT molecular complexity index is 581. The number of nitrogens with one attached hydrogen (secondary N) is 1. The number of carbonyl (C=O) groups excluding carboxylic acids is 1. The van der Waals surface area contributed by atoms with E-state index >= 15 is 0 Å². The number of nitrogens with two attached hydrogens (primary N) is 1. The van der Waals surface area contributed by atoms with Gasteiger partial charge in [0.15, 0.2) is 0 Å². The molecule has 1 heterocycles. The van der Waals surface area contributed by atoms with Crippen molar-refractivity contribution in [1.29, 1.82) is 0 Å². The first-order valence-corrected chi connectivity index (χ1v) is 6.72. The molecule has 2 rings (SSSR count). The number of benzene rings is 1. The van der Waals surface area contributed by atoms with Crippen LogP contribution in [0.3, 0.4) is 0 Å². The van der Waals surface area contributed by atoms with Crippen molar-refractivity contribution in [2.45, 2.75) is 19.4 Å². The minimum atomic E-state index is -0.219. The molecule has 1 atom stereocenters. The molecule has 1 amide bonds. The molecule has 0 spiro atoms. The highest BCUT2D eigenvalue weighted by atomic mass is 32.1. The lowest BCUT2D eigenvalue weighted by atomic mass is 10.2. The van der Waals surface area contributed by atoms with Crippen LogP contribution < -0.4 is 11.1 Å². The lowest BCUT2D eigenvalue weighted by Gasteiger charge is -2.05. The number of anilines is 1. The number of para-hydroxylation sites is 2. The quantitative estimate of drug-likeness (QED) is 0.746. The zero-order chi connectivity index (χ0) is 13.8. The zero-order valence-corrected chi connectivity index (χ0v) is 11.3. The van der Waals surface area contributed by atoms with Crippen LogP contribution in [-0.2, 0) is 11.2 Å². The Morgan fingerprint density at radius 2 is 2.26 bits per heavy atom. The summed E-state index contributed by atoms with van der Waals surface area (Å²) in [6.45, 7) is 1.85. The maximum absolute atomic E-state index is 11.8. The topological polar surface area (TPSA) is 88.2 Å². The maximum Gasteiger partial charge on any atom is 0.230 e. The first-order chi connectivity index (χ1) is 9.06. The fraction of sp³-hybridized carbons (Fsp3) is 0.231. The summed E-state index contributed by atoms with van der Waals surface area (Å²) in [6, 6.07) is 6.47. The number of amides is 1. The van der Waals surface area contributed by atoms with Gasteiger partial charge in [0.25, 0.3) is 0 Å². The summed E-state index contributed by atoms with van der Waals surface area (Å²) in [4.78, 5) is 16.1. The van der Waals surface area contributed by atoms with E-state index in [1.165, 1.54) is 17.4 Å². The zero-order valence-electron chi connectivity index (χ0n) is 10.5. The average molecular weight is 277 g/mol. The first kappa shape index (κ1) is 13.5. The Kier molecular flexibility index (Phi) is 4.13. The number of aromatic nitrogens is 1. The Hall–Kier alpha value is -1.92. The maximum atomic E-state index is 11.8. The summed E-state index contributed by atoms with van der Waals surface area (Å²) >= 11 is 1.44. The molecule has 5 nitrogen and oxygen atoms in total. The number of rotatable bonds is 4. The third-order valence-corrected chi connectivity index (χ3v) is 3.57. The van der Waals surface area contributed by atoms with Crippen LogP contribution in [0, 0.1) is 0 Å². The molecule has 6 heteroatoms. The molecule has 0 aliphatic carbocycles. The van der Waals surface area contributed by atoms with E-state index in [1.54, 1.807) is 18.2 Å². The van der Waals surface area contributed by atoms with Crippen molar-refractivity contribution in [2.75, 3.05) is 5.32 Å². The summed E-state index contributed by atoms with van der Waals surface area (Å²) in [5, 5.41) is 14.8. The molecule has 2 aromatic rings. The van der Waals surface area contributed by atoms with Gasteiger partial charge in [-0.1, -0.05) is 12.1 Å². The van der Waals surface area contributed by atoms with Crippen molar-refractivity contribution in [1.82, 2.24) is 4.98 Å². The molecule has 1 unspecified atom stereocenters. The molecular formula is C13H15N3O2S. The molecule has 0 saturated heterocycles. The number of phenols is 1. The summed E-state index contributed by atoms with van der Waals surface area (Å²) in [5.74, 6) is -0.173. The molecule has 4 N–H and O–H groups in total. The summed E-state index contributed by atoms with van der Waals surface area (Å²) in [5.41, 5.74) is 6.80. The largest absolute Gasteiger partial charge is 0.506 e. The van der Waals surface area contributed by atoms with E-state index in [2.05, 4.69) is 10.3 Å². The van der Waals surface area contributed by atoms with Crippen LogP contribution in [0.4, 0.5) is 5.69 Å². The van der Waals surface area contributed by atoms with Crippen LogP contribution in [0.15, 0.2) is 29.6 Å². The summed E-state index contributed by atoms with van der Waals surface area (Å²) < 4.78 is 0. The van der Waals surface area contributed by atoms with Gasteiger partial charge in [-0.25, -0.2) is 4.98 Å². The van der Waals surface area contributed by atoms with Crippen LogP contribution >= 0.6 is 11.3 Å². The molecule has 0 bridgehead atoms. The molecule has 0 fully saturated rings. The van der Waals surface area contributed by atoms with E-state index in [-0.39, 0.29) is 24.1 Å². The van der Waals surface area contributed by atoms with Crippen LogP contribution in [0.1, 0.15) is 23.7 Å². The molecule has 1 aromatic carbocycles. The minimum absolute atomic E-state index is 0.0467. The Labute approximate surface area is 115 Å². The Balaban J connectivity index is 1.99. The van der Waals surface area contributed by atoms with E-state index in [9.17, 15) is 9.90 Å². The van der Waals surface area contributed by atoms with Crippen molar-refractivity contribution in [3.63, 3.8) is 0 Å². The third-order valence-electron chi connectivity index (χ3n) is 2.48. The Morgan fingerprint density at radius 1 is 1.53 bits per heavy atom. The number of hydrogen-bond acceptors (Lipinski definition) is 5. The first-order valence-electron chi connectivity index (χ1n) is 5.84. The predicted molar refractivity (Wildman–Crippen MR) is 75.2 cm³/mol. The van der Waals surface area contributed by atoms with E-state index in [1.807, 2.05) is 12.3 Å². The second-order valence-corrected chi connectivity index (χ2v) is 5.10. The van der Waals surface area contributed by atoms with Crippen molar-refractivity contribution < 1.29 is 9.90 Å². The second-order valence-electron chi connectivity index (χ2n) is 4.21. The number of aromatic hydroxyl groups is 1. The molecule has 0 saturated carbocycles. The number of carbonyl (C=O) groups is 1. The number of thiazole rings is 1. The fourth-order valence-corrected chi connectivity index (χ4v) is 2.33. The molecule has 0 aliphatic heterocycles. The lowest BCUT2D eigenvalue weighted by molar-refractivity contribution is -0.115. The number of phenolic OH excluding ortho intramolecular Hbond substituents is 1. The summed E-state index contributed by atoms with van der Waals surface area (Å²) in [7, 11) is 0.